The zero-order chi connectivity index (χ0) is 14.7. The molecule has 2 nitrogen and oxygen atoms in total. The summed E-state index contributed by atoms with van der Waals surface area (Å²) < 4.78 is 0. The lowest BCUT2D eigenvalue weighted by Crippen LogP contribution is -2.40. The molecule has 3 rings (SSSR count). The molecule has 1 N–H and O–H groups in total. The lowest BCUT2D eigenvalue weighted by Gasteiger charge is -2.27. The molecule has 1 aromatic carbocycles. The van der Waals surface area contributed by atoms with E-state index in [0.29, 0.717) is 6.04 Å². The average Bonchev–Trinajstić information content (AvgIpc) is 2.72. The van der Waals surface area contributed by atoms with Crippen LogP contribution in [0.3, 0.4) is 0 Å². The topological polar surface area (TPSA) is 15.3 Å². The van der Waals surface area contributed by atoms with Gasteiger partial charge in [-0.05, 0) is 49.9 Å². The molecule has 2 aliphatic rings. The molecule has 116 valence electrons. The van der Waals surface area contributed by atoms with Crippen molar-refractivity contribution >= 4 is 11.8 Å². The van der Waals surface area contributed by atoms with E-state index in [-0.39, 0.29) is 0 Å². The Kier molecular flexibility index (Phi) is 5.25. The molecule has 0 saturated carbocycles. The first kappa shape index (κ1) is 15.4. The normalized spacial score (nSPS) is 26.8. The standard InChI is InChI=1S/C18H28N2S/c1-14(2)10-16-12-20(9-5-8-19-16)13-17-11-15-6-3-4-7-18(15)21-17/h3-4,6-7,14,16-17,19H,5,8-13H2,1-2H3. The Morgan fingerprint density at radius 2 is 2.19 bits per heavy atom. The van der Waals surface area contributed by atoms with Gasteiger partial charge in [0.25, 0.3) is 0 Å². The summed E-state index contributed by atoms with van der Waals surface area (Å²) in [4.78, 5) is 4.21. The highest BCUT2D eigenvalue weighted by atomic mass is 32.2. The number of nitrogens with one attached hydrogen (secondary N) is 1. The van der Waals surface area contributed by atoms with Gasteiger partial charge in [0.05, 0.1) is 0 Å². The third-order valence-electron chi connectivity index (χ3n) is 4.49. The van der Waals surface area contributed by atoms with E-state index in [0.717, 1.165) is 11.2 Å². The molecule has 0 bridgehead atoms. The smallest absolute Gasteiger partial charge is 0.0263 e. The Labute approximate surface area is 133 Å². The number of nitrogens with zero attached hydrogens (tertiary/aromatic N) is 1. The van der Waals surface area contributed by atoms with Crippen LogP contribution < -0.4 is 5.32 Å². The van der Waals surface area contributed by atoms with Gasteiger partial charge in [-0.3, -0.25) is 0 Å². The van der Waals surface area contributed by atoms with Crippen molar-refractivity contribution in [1.82, 2.24) is 10.2 Å². The van der Waals surface area contributed by atoms with E-state index in [1.807, 2.05) is 0 Å². The van der Waals surface area contributed by atoms with Crippen LogP contribution in [0, 0.1) is 5.92 Å². The number of thioether (sulfide) groups is 1. The van der Waals surface area contributed by atoms with Gasteiger partial charge in [0, 0.05) is 29.3 Å². The summed E-state index contributed by atoms with van der Waals surface area (Å²) in [7, 11) is 0. The van der Waals surface area contributed by atoms with Gasteiger partial charge in [0.1, 0.15) is 0 Å². The molecule has 2 aliphatic heterocycles. The second-order valence-corrected chi connectivity index (χ2v) is 8.29. The first-order valence-corrected chi connectivity index (χ1v) is 9.29. The Balaban J connectivity index is 1.55. The van der Waals surface area contributed by atoms with E-state index in [2.05, 4.69) is 60.1 Å². The van der Waals surface area contributed by atoms with E-state index in [4.69, 9.17) is 0 Å². The Morgan fingerprint density at radius 3 is 3.00 bits per heavy atom. The molecular formula is C18H28N2S. The molecule has 21 heavy (non-hydrogen) atoms. The average molecular weight is 305 g/mol. The fraction of sp³-hybridized carbons (Fsp3) is 0.667. The van der Waals surface area contributed by atoms with Gasteiger partial charge in [-0.15, -0.1) is 11.8 Å². The van der Waals surface area contributed by atoms with Crippen molar-refractivity contribution in [3.8, 4) is 0 Å². The van der Waals surface area contributed by atoms with E-state index in [1.54, 1.807) is 5.56 Å². The molecule has 3 heteroatoms. The van der Waals surface area contributed by atoms with E-state index < -0.39 is 0 Å². The van der Waals surface area contributed by atoms with Crippen LogP contribution in [0.25, 0.3) is 0 Å². The highest BCUT2D eigenvalue weighted by Crippen LogP contribution is 2.37. The molecule has 0 spiro atoms. The predicted molar refractivity (Wildman–Crippen MR) is 92.1 cm³/mol. The first-order valence-electron chi connectivity index (χ1n) is 8.41. The Morgan fingerprint density at radius 1 is 1.33 bits per heavy atom. The van der Waals surface area contributed by atoms with Crippen LogP contribution in [0.1, 0.15) is 32.3 Å². The van der Waals surface area contributed by atoms with Crippen molar-refractivity contribution in [2.45, 2.75) is 49.3 Å². The van der Waals surface area contributed by atoms with Gasteiger partial charge < -0.3 is 10.2 Å². The molecule has 1 saturated heterocycles. The van der Waals surface area contributed by atoms with Gasteiger partial charge in [-0.1, -0.05) is 32.0 Å². The molecular weight excluding hydrogens is 276 g/mol. The molecule has 0 radical (unpaired) electrons. The molecule has 2 atom stereocenters. The zero-order valence-electron chi connectivity index (χ0n) is 13.3. The summed E-state index contributed by atoms with van der Waals surface area (Å²) in [6.07, 6.45) is 3.84. The molecule has 0 amide bonds. The van der Waals surface area contributed by atoms with Gasteiger partial charge >= 0.3 is 0 Å². The van der Waals surface area contributed by atoms with Crippen LogP contribution in [-0.2, 0) is 6.42 Å². The number of hydrogen-bond donors (Lipinski definition) is 1. The summed E-state index contributed by atoms with van der Waals surface area (Å²) in [5.74, 6) is 0.785. The first-order chi connectivity index (χ1) is 10.2. The van der Waals surface area contributed by atoms with Gasteiger partial charge in [0.15, 0.2) is 0 Å². The maximum atomic E-state index is 3.74. The fourth-order valence-electron chi connectivity index (χ4n) is 3.61. The quantitative estimate of drug-likeness (QED) is 0.917. The monoisotopic (exact) mass is 304 g/mol. The lowest BCUT2D eigenvalue weighted by atomic mass is 10.0. The van der Waals surface area contributed by atoms with Crippen LogP contribution in [0.5, 0.6) is 0 Å². The second-order valence-electron chi connectivity index (χ2n) is 6.95. The van der Waals surface area contributed by atoms with Crippen molar-refractivity contribution < 1.29 is 0 Å². The van der Waals surface area contributed by atoms with Crippen LogP contribution in [0.2, 0.25) is 0 Å². The van der Waals surface area contributed by atoms with Crippen molar-refractivity contribution in [2.75, 3.05) is 26.2 Å². The maximum Gasteiger partial charge on any atom is 0.0263 e. The van der Waals surface area contributed by atoms with Crippen LogP contribution in [-0.4, -0.2) is 42.4 Å². The molecule has 1 aromatic rings. The Hall–Kier alpha value is -0.510. The van der Waals surface area contributed by atoms with E-state index in [1.165, 1.54) is 50.3 Å². The SMILES string of the molecule is CC(C)CC1CN(CC2Cc3ccccc3S2)CCCN1. The van der Waals surface area contributed by atoms with Crippen LogP contribution in [0.4, 0.5) is 0 Å². The minimum Gasteiger partial charge on any atom is -0.313 e. The van der Waals surface area contributed by atoms with Crippen LogP contribution >= 0.6 is 11.8 Å². The minimum atomic E-state index is 0.682. The molecule has 1 fully saturated rings. The highest BCUT2D eigenvalue weighted by molar-refractivity contribution is 8.00. The third-order valence-corrected chi connectivity index (χ3v) is 5.80. The van der Waals surface area contributed by atoms with Gasteiger partial charge in [-0.25, -0.2) is 0 Å². The summed E-state index contributed by atoms with van der Waals surface area (Å²) >= 11 is 2.09. The lowest BCUT2D eigenvalue weighted by molar-refractivity contribution is 0.256. The fourth-order valence-corrected chi connectivity index (χ4v) is 4.98. The molecule has 0 aliphatic carbocycles. The van der Waals surface area contributed by atoms with E-state index >= 15 is 0 Å². The van der Waals surface area contributed by atoms with Crippen molar-refractivity contribution in [2.24, 2.45) is 5.92 Å². The maximum absolute atomic E-state index is 3.74. The summed E-state index contributed by atoms with van der Waals surface area (Å²) in [5.41, 5.74) is 1.55. The summed E-state index contributed by atoms with van der Waals surface area (Å²) in [6, 6.07) is 9.61. The van der Waals surface area contributed by atoms with Crippen LogP contribution in [0.15, 0.2) is 29.2 Å². The number of hydrogen-bond acceptors (Lipinski definition) is 3. The van der Waals surface area contributed by atoms with Crippen molar-refractivity contribution in [1.29, 1.82) is 0 Å². The predicted octanol–water partition coefficient (Wildman–Crippen LogP) is 3.41. The third kappa shape index (κ3) is 4.24. The second kappa shape index (κ2) is 7.17. The van der Waals surface area contributed by atoms with Gasteiger partial charge in [0.2, 0.25) is 0 Å². The number of benzene rings is 1. The zero-order valence-corrected chi connectivity index (χ0v) is 14.2. The summed E-state index contributed by atoms with van der Waals surface area (Å²) in [6.45, 7) is 9.59. The molecule has 2 unspecified atom stereocenters. The number of rotatable bonds is 4. The number of fused-ring (bicyclic) bond motifs is 1. The largest absolute Gasteiger partial charge is 0.313 e. The molecule has 2 heterocycles. The minimum absolute atomic E-state index is 0.682. The Bertz CT molecular complexity index is 435. The van der Waals surface area contributed by atoms with Gasteiger partial charge in [-0.2, -0.15) is 0 Å². The van der Waals surface area contributed by atoms with E-state index in [9.17, 15) is 0 Å². The summed E-state index contributed by atoms with van der Waals surface area (Å²) in [5, 5.41) is 4.49. The van der Waals surface area contributed by atoms with Crippen molar-refractivity contribution in [3.63, 3.8) is 0 Å². The molecule has 0 aromatic heterocycles. The highest BCUT2D eigenvalue weighted by Gasteiger charge is 2.26. The van der Waals surface area contributed by atoms with Crippen molar-refractivity contribution in [3.05, 3.63) is 29.8 Å².